The van der Waals surface area contributed by atoms with Crippen LogP contribution < -0.4 is 16.2 Å². The Labute approximate surface area is 220 Å². The molecule has 0 spiro atoms. The standard InChI is InChI=1S/C27H37N6O3P/c1-16(2)12-19-25-26(21(37)14-28-19)31-22(30-25)15-33-18(4)17(3)13-20(27(33)36)29-23(34)10-8-7-9-11-24(35)32(5)6/h9,11,13-14,16H,7-8,10,12,15,37H2,1-6H3,(H,29,34)(H,30,31)/b11-9+. The maximum Gasteiger partial charge on any atom is 0.274 e. The SMILES string of the molecule is Cc1cc(NC(=O)CCC/C=C/C(=O)N(C)C)c(=O)n(Cc2nc3c(P)cnc(CC(C)C)c3[nH]2)c1C. The summed E-state index contributed by atoms with van der Waals surface area (Å²) in [5.41, 5.74) is 4.35. The number of carbonyl (C=O) groups excluding carboxylic acids is 2. The lowest BCUT2D eigenvalue weighted by atomic mass is 10.1. The number of pyridine rings is 2. The van der Waals surface area contributed by atoms with Crippen molar-refractivity contribution in [1.29, 1.82) is 0 Å². The van der Waals surface area contributed by atoms with Crippen molar-refractivity contribution in [3.8, 4) is 0 Å². The maximum absolute atomic E-state index is 13.3. The molecule has 2 amide bonds. The van der Waals surface area contributed by atoms with Crippen LogP contribution in [0.15, 0.2) is 29.2 Å². The van der Waals surface area contributed by atoms with E-state index in [1.807, 2.05) is 20.0 Å². The van der Waals surface area contributed by atoms with Crippen molar-refractivity contribution in [2.45, 2.75) is 59.9 Å². The lowest BCUT2D eigenvalue weighted by Crippen LogP contribution is -2.28. The second-order valence-electron chi connectivity index (χ2n) is 9.96. The minimum Gasteiger partial charge on any atom is -0.345 e. The first-order valence-electron chi connectivity index (χ1n) is 12.5. The highest BCUT2D eigenvalue weighted by atomic mass is 31.0. The number of aryl methyl sites for hydroxylation is 1. The Kier molecular flexibility index (Phi) is 9.38. The van der Waals surface area contributed by atoms with E-state index >= 15 is 0 Å². The predicted molar refractivity (Wildman–Crippen MR) is 151 cm³/mol. The van der Waals surface area contributed by atoms with Gasteiger partial charge in [0.25, 0.3) is 5.56 Å². The van der Waals surface area contributed by atoms with E-state index in [1.165, 1.54) is 11.0 Å². The lowest BCUT2D eigenvalue weighted by molar-refractivity contribution is -0.123. The predicted octanol–water partition coefficient (Wildman–Crippen LogP) is 3.24. The molecule has 9 nitrogen and oxygen atoms in total. The van der Waals surface area contributed by atoms with Crippen LogP contribution in [0.2, 0.25) is 0 Å². The molecule has 198 valence electrons. The molecule has 0 radical (unpaired) electrons. The number of hydrogen-bond donors (Lipinski definition) is 2. The smallest absolute Gasteiger partial charge is 0.274 e. The molecule has 2 N–H and O–H groups in total. The summed E-state index contributed by atoms with van der Waals surface area (Å²) in [6, 6.07) is 1.71. The number of hydrogen-bond acceptors (Lipinski definition) is 5. The van der Waals surface area contributed by atoms with E-state index in [1.54, 1.807) is 30.8 Å². The summed E-state index contributed by atoms with van der Waals surface area (Å²) in [7, 11) is 6.04. The third kappa shape index (κ3) is 7.13. The van der Waals surface area contributed by atoms with Crippen molar-refractivity contribution in [2.75, 3.05) is 19.4 Å². The number of allylic oxidation sites excluding steroid dienone is 1. The summed E-state index contributed by atoms with van der Waals surface area (Å²) < 4.78 is 1.64. The molecule has 37 heavy (non-hydrogen) atoms. The van der Waals surface area contributed by atoms with Gasteiger partial charge < -0.3 is 19.8 Å². The summed E-state index contributed by atoms with van der Waals surface area (Å²) in [5.74, 6) is 0.775. The van der Waals surface area contributed by atoms with Gasteiger partial charge in [-0.1, -0.05) is 19.9 Å². The molecule has 1 atom stereocenters. The van der Waals surface area contributed by atoms with Gasteiger partial charge in [-0.25, -0.2) is 4.98 Å². The molecule has 0 aliphatic rings. The van der Waals surface area contributed by atoms with E-state index in [4.69, 9.17) is 4.98 Å². The van der Waals surface area contributed by atoms with Crippen LogP contribution >= 0.6 is 9.24 Å². The van der Waals surface area contributed by atoms with E-state index in [0.717, 1.165) is 39.7 Å². The molecule has 10 heteroatoms. The van der Waals surface area contributed by atoms with E-state index < -0.39 is 0 Å². The topological polar surface area (TPSA) is 113 Å². The molecule has 0 aromatic carbocycles. The van der Waals surface area contributed by atoms with Gasteiger partial charge in [-0.05, 0) is 56.7 Å². The van der Waals surface area contributed by atoms with Crippen molar-refractivity contribution in [1.82, 2.24) is 24.4 Å². The van der Waals surface area contributed by atoms with Crippen LogP contribution in [0.3, 0.4) is 0 Å². The number of amides is 2. The fraction of sp³-hybridized carbons (Fsp3) is 0.444. The average molecular weight is 525 g/mol. The highest BCUT2D eigenvalue weighted by molar-refractivity contribution is 7.28. The highest BCUT2D eigenvalue weighted by Crippen LogP contribution is 2.19. The van der Waals surface area contributed by atoms with E-state index in [0.29, 0.717) is 24.6 Å². The Bertz CT molecular complexity index is 1390. The quantitative estimate of drug-likeness (QED) is 0.240. The number of likely N-dealkylation sites (N-methyl/N-ethyl adjacent to an activating group) is 1. The first-order valence-corrected chi connectivity index (χ1v) is 13.1. The van der Waals surface area contributed by atoms with Gasteiger partial charge in [-0.15, -0.1) is 9.24 Å². The van der Waals surface area contributed by atoms with Crippen molar-refractivity contribution < 1.29 is 9.59 Å². The van der Waals surface area contributed by atoms with E-state index in [9.17, 15) is 14.4 Å². The molecule has 0 aliphatic carbocycles. The molecular formula is C27H37N6O3P. The van der Waals surface area contributed by atoms with Crippen LogP contribution in [0.5, 0.6) is 0 Å². The minimum atomic E-state index is -0.278. The van der Waals surface area contributed by atoms with Crippen LogP contribution in [0.1, 0.15) is 55.9 Å². The Balaban J connectivity index is 1.77. The number of nitrogens with zero attached hydrogens (tertiary/aromatic N) is 4. The molecule has 3 rings (SSSR count). The summed E-state index contributed by atoms with van der Waals surface area (Å²) in [5, 5.41) is 3.67. The van der Waals surface area contributed by atoms with Crippen LogP contribution in [0, 0.1) is 19.8 Å². The highest BCUT2D eigenvalue weighted by Gasteiger charge is 2.16. The molecule has 0 fully saturated rings. The van der Waals surface area contributed by atoms with Crippen LogP contribution in [-0.2, 0) is 22.6 Å². The third-order valence-corrected chi connectivity index (χ3v) is 6.57. The molecule has 1 unspecified atom stereocenters. The summed E-state index contributed by atoms with van der Waals surface area (Å²) in [6.07, 6.45) is 7.31. The van der Waals surface area contributed by atoms with Gasteiger partial charge in [0.05, 0.1) is 23.3 Å². The number of rotatable bonds is 10. The number of fused-ring (bicyclic) bond motifs is 1. The number of H-pyrrole nitrogens is 1. The molecule has 3 heterocycles. The van der Waals surface area contributed by atoms with Gasteiger partial charge in [-0.3, -0.25) is 19.4 Å². The van der Waals surface area contributed by atoms with Gasteiger partial charge >= 0.3 is 0 Å². The summed E-state index contributed by atoms with van der Waals surface area (Å²) >= 11 is 0. The zero-order valence-electron chi connectivity index (χ0n) is 22.5. The van der Waals surface area contributed by atoms with Crippen molar-refractivity contribution in [3.05, 3.63) is 57.5 Å². The van der Waals surface area contributed by atoms with Gasteiger partial charge in [0.15, 0.2) is 0 Å². The second kappa shape index (κ2) is 12.3. The fourth-order valence-electron chi connectivity index (χ4n) is 3.98. The van der Waals surface area contributed by atoms with Gasteiger partial charge in [0, 0.05) is 37.7 Å². The van der Waals surface area contributed by atoms with Crippen LogP contribution in [0.4, 0.5) is 5.69 Å². The van der Waals surface area contributed by atoms with E-state index in [-0.39, 0.29) is 36.0 Å². The Morgan fingerprint density at radius 3 is 2.68 bits per heavy atom. The zero-order chi connectivity index (χ0) is 27.3. The normalized spacial score (nSPS) is 11.6. The van der Waals surface area contributed by atoms with Crippen LogP contribution in [-0.4, -0.2) is 50.3 Å². The van der Waals surface area contributed by atoms with E-state index in [2.05, 4.69) is 38.4 Å². The van der Waals surface area contributed by atoms with Gasteiger partial charge in [0.1, 0.15) is 11.5 Å². The second-order valence-corrected chi connectivity index (χ2v) is 10.6. The minimum absolute atomic E-state index is 0.0918. The van der Waals surface area contributed by atoms with Crippen molar-refractivity contribution in [3.63, 3.8) is 0 Å². The average Bonchev–Trinajstić information content (AvgIpc) is 3.26. The fourth-order valence-corrected chi connectivity index (χ4v) is 4.26. The molecule has 0 aliphatic heterocycles. The Morgan fingerprint density at radius 1 is 1.27 bits per heavy atom. The van der Waals surface area contributed by atoms with Crippen molar-refractivity contribution >= 4 is 43.1 Å². The summed E-state index contributed by atoms with van der Waals surface area (Å²) in [6.45, 7) is 8.35. The summed E-state index contributed by atoms with van der Waals surface area (Å²) in [4.78, 5) is 51.7. The number of carbonyl (C=O) groups is 2. The molecule has 0 saturated carbocycles. The number of unbranched alkanes of at least 4 members (excludes halogenated alkanes) is 1. The monoisotopic (exact) mass is 524 g/mol. The van der Waals surface area contributed by atoms with Crippen LogP contribution in [0.25, 0.3) is 11.0 Å². The maximum atomic E-state index is 13.3. The molecule has 3 aromatic heterocycles. The molecule has 3 aromatic rings. The number of imidazole rings is 1. The molecule has 0 bridgehead atoms. The van der Waals surface area contributed by atoms with Crippen molar-refractivity contribution in [2.24, 2.45) is 5.92 Å². The largest absolute Gasteiger partial charge is 0.345 e. The Hall–Kier alpha value is -3.32. The first kappa shape index (κ1) is 28.3. The van der Waals surface area contributed by atoms with Gasteiger partial charge in [-0.2, -0.15) is 0 Å². The molecule has 0 saturated heterocycles. The number of anilines is 1. The lowest BCUT2D eigenvalue weighted by Gasteiger charge is -2.14. The number of nitrogens with one attached hydrogen (secondary N) is 2. The van der Waals surface area contributed by atoms with Gasteiger partial charge in [0.2, 0.25) is 11.8 Å². The molecular weight excluding hydrogens is 487 g/mol. The number of aromatic nitrogens is 4. The number of aromatic amines is 1. The first-order chi connectivity index (χ1) is 17.5. The third-order valence-electron chi connectivity index (χ3n) is 6.15. The zero-order valence-corrected chi connectivity index (χ0v) is 23.7. The Morgan fingerprint density at radius 2 is 2.00 bits per heavy atom.